The average molecular weight is 598 g/mol. The van der Waals surface area contributed by atoms with Crippen molar-refractivity contribution < 1.29 is 9.84 Å². The lowest BCUT2D eigenvalue weighted by atomic mass is 10.2. The van der Waals surface area contributed by atoms with Crippen LogP contribution in [0.2, 0.25) is 10.0 Å². The molecule has 3 N–H and O–H groups in total. The highest BCUT2D eigenvalue weighted by molar-refractivity contribution is 7.19. The van der Waals surface area contributed by atoms with E-state index in [0.29, 0.717) is 42.7 Å². The lowest BCUT2D eigenvalue weighted by Gasteiger charge is -2.34. The summed E-state index contributed by atoms with van der Waals surface area (Å²) >= 11 is 14.4. The van der Waals surface area contributed by atoms with Crippen LogP contribution in [0.15, 0.2) is 61.1 Å². The van der Waals surface area contributed by atoms with E-state index in [2.05, 4.69) is 54.7 Å². The van der Waals surface area contributed by atoms with Crippen LogP contribution in [-0.4, -0.2) is 51.7 Å². The van der Waals surface area contributed by atoms with Gasteiger partial charge in [-0.05, 0) is 36.2 Å². The van der Waals surface area contributed by atoms with Gasteiger partial charge in [0.15, 0.2) is 0 Å². The van der Waals surface area contributed by atoms with Crippen LogP contribution in [0.25, 0.3) is 21.1 Å². The quantitative estimate of drug-likeness (QED) is 0.197. The smallest absolute Gasteiger partial charge is 0.150 e. The third kappa shape index (κ3) is 5.82. The summed E-state index contributed by atoms with van der Waals surface area (Å²) in [7, 11) is 0. The van der Waals surface area contributed by atoms with Crippen LogP contribution in [-0.2, 0) is 24.2 Å². The van der Waals surface area contributed by atoms with Crippen LogP contribution in [0.4, 0.5) is 5.82 Å². The fourth-order valence-corrected chi connectivity index (χ4v) is 6.77. The van der Waals surface area contributed by atoms with Gasteiger partial charge in [0.25, 0.3) is 0 Å². The Morgan fingerprint density at radius 3 is 2.90 bits per heavy atom. The number of anilines is 1. The largest absolute Gasteiger partial charge is 0.393 e. The van der Waals surface area contributed by atoms with Crippen LogP contribution >= 0.6 is 34.5 Å². The first-order valence-electron chi connectivity index (χ1n) is 13.2. The number of nitrogens with one attached hydrogen (secondary N) is 2. The van der Waals surface area contributed by atoms with Crippen molar-refractivity contribution in [2.24, 2.45) is 0 Å². The molecule has 0 saturated carbocycles. The minimum Gasteiger partial charge on any atom is -0.393 e. The molecule has 1 aliphatic rings. The van der Waals surface area contributed by atoms with Crippen molar-refractivity contribution >= 4 is 61.5 Å². The number of hydrazine groups is 1. The van der Waals surface area contributed by atoms with Crippen LogP contribution < -0.4 is 15.8 Å². The van der Waals surface area contributed by atoms with Crippen LogP contribution in [0, 0.1) is 0 Å². The average Bonchev–Trinajstić information content (AvgIpc) is 3.52. The standard InChI is InChI=1S/C29H30Cl2N6O2S/c1-18(38)11-21-12-24-28(40-21)29(33-17-32-24)36-9-10-39-26(16-36)35-34-13-20-15-37(25-8-3-2-6-22(20)25)14-19-5-4-7-23(30)27(19)31/h2-8,12,15,17-18,26,34-35,38H,9-11,13-14,16H2,1H3. The number of aromatic nitrogens is 3. The van der Waals surface area contributed by atoms with Gasteiger partial charge in [-0.25, -0.2) is 15.4 Å². The molecule has 2 atom stereocenters. The summed E-state index contributed by atoms with van der Waals surface area (Å²) in [6, 6.07) is 16.1. The number of nitrogens with zero attached hydrogens (tertiary/aromatic N) is 4. The first-order chi connectivity index (χ1) is 19.5. The van der Waals surface area contributed by atoms with E-state index in [9.17, 15) is 5.11 Å². The van der Waals surface area contributed by atoms with Crippen molar-refractivity contribution in [3.8, 4) is 0 Å². The van der Waals surface area contributed by atoms with Gasteiger partial charge in [0.2, 0.25) is 0 Å². The highest BCUT2D eigenvalue weighted by Gasteiger charge is 2.24. The maximum atomic E-state index is 9.81. The van der Waals surface area contributed by atoms with Gasteiger partial charge in [-0.1, -0.05) is 53.5 Å². The molecular weight excluding hydrogens is 567 g/mol. The Morgan fingerprint density at radius 1 is 1.15 bits per heavy atom. The van der Waals surface area contributed by atoms with E-state index >= 15 is 0 Å². The van der Waals surface area contributed by atoms with Gasteiger partial charge in [-0.15, -0.1) is 11.3 Å². The number of hydrogen-bond acceptors (Lipinski definition) is 8. The first-order valence-corrected chi connectivity index (χ1v) is 14.8. The summed E-state index contributed by atoms with van der Waals surface area (Å²) in [4.78, 5) is 12.4. The van der Waals surface area contributed by atoms with E-state index in [1.807, 2.05) is 24.3 Å². The summed E-state index contributed by atoms with van der Waals surface area (Å²) in [5, 5.41) is 12.1. The molecule has 0 aliphatic carbocycles. The van der Waals surface area contributed by atoms with E-state index in [1.54, 1.807) is 30.7 Å². The molecule has 1 aliphatic heterocycles. The molecule has 2 unspecified atom stereocenters. The van der Waals surface area contributed by atoms with Crippen molar-refractivity contribution in [2.45, 2.75) is 38.8 Å². The zero-order valence-corrected chi connectivity index (χ0v) is 24.3. The van der Waals surface area contributed by atoms with E-state index in [0.717, 1.165) is 44.1 Å². The molecule has 11 heteroatoms. The van der Waals surface area contributed by atoms with Gasteiger partial charge in [0, 0.05) is 48.0 Å². The minimum atomic E-state index is -0.392. The number of aliphatic hydroxyl groups is 1. The molecule has 3 aromatic heterocycles. The SMILES string of the molecule is CC(O)Cc1cc2ncnc(N3CCOC(NNCc4cn(Cc5cccc(Cl)c5Cl)c5ccccc45)C3)c2s1. The number of benzene rings is 2. The molecule has 1 saturated heterocycles. The Balaban J connectivity index is 1.13. The third-order valence-corrected chi connectivity index (χ3v) is 8.99. The van der Waals surface area contributed by atoms with Gasteiger partial charge in [0.1, 0.15) is 18.4 Å². The lowest BCUT2D eigenvalue weighted by molar-refractivity contribution is 0.00783. The summed E-state index contributed by atoms with van der Waals surface area (Å²) in [5.41, 5.74) is 10.9. The molecular formula is C29H30Cl2N6O2S. The number of morpholine rings is 1. The third-order valence-electron chi connectivity index (χ3n) is 6.99. The van der Waals surface area contributed by atoms with E-state index in [4.69, 9.17) is 27.9 Å². The zero-order valence-electron chi connectivity index (χ0n) is 22.0. The number of rotatable bonds is 9. The van der Waals surface area contributed by atoms with E-state index in [1.165, 1.54) is 5.39 Å². The number of fused-ring (bicyclic) bond motifs is 2. The van der Waals surface area contributed by atoms with Crippen molar-refractivity contribution in [3.05, 3.63) is 87.1 Å². The fraction of sp³-hybridized carbons (Fsp3) is 0.310. The number of halogens is 2. The summed E-state index contributed by atoms with van der Waals surface area (Å²) in [6.45, 7) is 5.00. The number of hydrogen-bond donors (Lipinski definition) is 3. The summed E-state index contributed by atoms with van der Waals surface area (Å²) in [5.74, 6) is 0.907. The van der Waals surface area contributed by atoms with Gasteiger partial charge < -0.3 is 19.3 Å². The topological polar surface area (TPSA) is 87.5 Å². The maximum Gasteiger partial charge on any atom is 0.150 e. The number of ether oxygens (including phenoxy) is 1. The van der Waals surface area contributed by atoms with Gasteiger partial charge in [-0.3, -0.25) is 5.43 Å². The molecule has 8 nitrogen and oxygen atoms in total. The van der Waals surface area contributed by atoms with Crippen molar-refractivity contribution in [3.63, 3.8) is 0 Å². The molecule has 2 aromatic carbocycles. The van der Waals surface area contributed by atoms with Crippen LogP contribution in [0.5, 0.6) is 0 Å². The predicted octanol–water partition coefficient (Wildman–Crippen LogP) is 5.38. The van der Waals surface area contributed by atoms with Gasteiger partial charge in [-0.2, -0.15) is 0 Å². The molecule has 0 amide bonds. The van der Waals surface area contributed by atoms with Gasteiger partial charge in [0.05, 0.1) is 39.5 Å². The lowest BCUT2D eigenvalue weighted by Crippen LogP contribution is -2.53. The number of aliphatic hydroxyl groups excluding tert-OH is 1. The van der Waals surface area contributed by atoms with Gasteiger partial charge >= 0.3 is 0 Å². The van der Waals surface area contributed by atoms with Crippen LogP contribution in [0.3, 0.4) is 0 Å². The Bertz CT molecular complexity index is 1640. The number of para-hydroxylation sites is 1. The normalized spacial score (nSPS) is 16.7. The Kier molecular flexibility index (Phi) is 8.22. The second-order valence-corrected chi connectivity index (χ2v) is 11.9. The Hall–Kier alpha value is -2.76. The van der Waals surface area contributed by atoms with Crippen LogP contribution in [0.1, 0.15) is 22.9 Å². The molecule has 4 heterocycles. The molecule has 0 bridgehead atoms. The molecule has 208 valence electrons. The Labute approximate surface area is 246 Å². The second-order valence-electron chi connectivity index (χ2n) is 9.99. The van der Waals surface area contributed by atoms with E-state index in [-0.39, 0.29) is 6.23 Å². The Morgan fingerprint density at radius 2 is 2.02 bits per heavy atom. The number of thiophene rings is 1. The summed E-state index contributed by atoms with van der Waals surface area (Å²) < 4.78 is 9.26. The zero-order chi connectivity index (χ0) is 27.6. The minimum absolute atomic E-state index is 0.214. The maximum absolute atomic E-state index is 9.81. The van der Waals surface area contributed by atoms with Crippen molar-refractivity contribution in [2.75, 3.05) is 24.6 Å². The summed E-state index contributed by atoms with van der Waals surface area (Å²) in [6.07, 6.45) is 3.77. The molecule has 1 fully saturated rings. The monoisotopic (exact) mass is 596 g/mol. The van der Waals surface area contributed by atoms with Crippen molar-refractivity contribution in [1.29, 1.82) is 0 Å². The molecule has 40 heavy (non-hydrogen) atoms. The highest BCUT2D eigenvalue weighted by Crippen LogP contribution is 2.33. The van der Waals surface area contributed by atoms with Crippen molar-refractivity contribution in [1.82, 2.24) is 25.4 Å². The first kappa shape index (κ1) is 27.4. The molecule has 0 radical (unpaired) electrons. The molecule has 0 spiro atoms. The predicted molar refractivity (Wildman–Crippen MR) is 162 cm³/mol. The highest BCUT2D eigenvalue weighted by atomic mass is 35.5. The van der Waals surface area contributed by atoms with E-state index < -0.39 is 6.10 Å². The molecule has 5 aromatic rings. The fourth-order valence-electron chi connectivity index (χ4n) is 5.15. The second kappa shape index (κ2) is 12.0. The molecule has 6 rings (SSSR count).